The van der Waals surface area contributed by atoms with E-state index < -0.39 is 23.7 Å². The third-order valence-electron chi connectivity index (χ3n) is 5.02. The number of nitrogens with one attached hydrogen (secondary N) is 1. The van der Waals surface area contributed by atoms with E-state index in [0.717, 1.165) is 24.1 Å². The van der Waals surface area contributed by atoms with Gasteiger partial charge in [0.15, 0.2) is 0 Å². The van der Waals surface area contributed by atoms with Crippen molar-refractivity contribution in [1.82, 2.24) is 9.88 Å². The maximum absolute atomic E-state index is 13.9. The normalized spacial score (nSPS) is 21.5. The van der Waals surface area contributed by atoms with Gasteiger partial charge in [-0.15, -0.1) is 0 Å². The number of amides is 2. The van der Waals surface area contributed by atoms with Crippen LogP contribution in [0.3, 0.4) is 0 Å². The number of benzene rings is 1. The zero-order valence-electron chi connectivity index (χ0n) is 13.6. The smallest absolute Gasteiger partial charge is 0.314 e. The van der Waals surface area contributed by atoms with Crippen LogP contribution < -0.4 is 5.32 Å². The van der Waals surface area contributed by atoms with E-state index in [-0.39, 0.29) is 17.8 Å². The number of anilines is 1. The number of hydrogen-bond donors (Lipinski definition) is 1. The number of aromatic nitrogens is 1. The Hall–Kier alpha value is -2.64. The lowest BCUT2D eigenvalue weighted by Crippen LogP contribution is -2.44. The molecule has 2 bridgehead atoms. The molecule has 1 aromatic heterocycles. The number of pyridine rings is 1. The molecule has 8 heteroatoms. The number of hydrogen-bond acceptors (Lipinski definition) is 2. The minimum atomic E-state index is -4.48. The second-order valence-corrected chi connectivity index (χ2v) is 6.54. The number of urea groups is 1. The van der Waals surface area contributed by atoms with Gasteiger partial charge in [-0.1, -0.05) is 6.07 Å². The number of alkyl halides is 3. The third kappa shape index (κ3) is 2.79. The number of fused-ring (bicyclic) bond motifs is 4. The number of nitrogens with zero attached hydrogens (tertiary/aromatic N) is 2. The van der Waals surface area contributed by atoms with Crippen molar-refractivity contribution in [2.45, 2.75) is 37.5 Å². The Kier molecular flexibility index (Phi) is 3.86. The summed E-state index contributed by atoms with van der Waals surface area (Å²) in [6.07, 6.45) is -1.34. The predicted molar refractivity (Wildman–Crippen MR) is 86.0 cm³/mol. The van der Waals surface area contributed by atoms with Crippen LogP contribution in [0.1, 0.15) is 35.6 Å². The summed E-state index contributed by atoms with van der Waals surface area (Å²) in [5, 5.41) is 2.55. The van der Waals surface area contributed by atoms with E-state index in [1.165, 1.54) is 18.3 Å². The summed E-state index contributed by atoms with van der Waals surface area (Å²) in [6, 6.07) is 5.28. The SMILES string of the molecule is O=C(Nc1cccc(C(F)(F)F)c1)N1C2CCC1c1ccnc(F)c1C2. The van der Waals surface area contributed by atoms with Crippen LogP contribution in [0.25, 0.3) is 0 Å². The largest absolute Gasteiger partial charge is 0.416 e. The van der Waals surface area contributed by atoms with Crippen LogP contribution in [0.2, 0.25) is 0 Å². The van der Waals surface area contributed by atoms with Gasteiger partial charge in [-0.2, -0.15) is 17.6 Å². The van der Waals surface area contributed by atoms with Crippen molar-refractivity contribution in [3.05, 3.63) is 59.2 Å². The van der Waals surface area contributed by atoms with Crippen molar-refractivity contribution in [2.24, 2.45) is 0 Å². The van der Waals surface area contributed by atoms with Crippen molar-refractivity contribution in [3.8, 4) is 0 Å². The second kappa shape index (κ2) is 5.96. The van der Waals surface area contributed by atoms with Crippen LogP contribution in [0.4, 0.5) is 28.0 Å². The average molecular weight is 365 g/mol. The molecule has 2 unspecified atom stereocenters. The van der Waals surface area contributed by atoms with Crippen molar-refractivity contribution >= 4 is 11.7 Å². The molecular weight excluding hydrogens is 350 g/mol. The Morgan fingerprint density at radius 1 is 1.23 bits per heavy atom. The highest BCUT2D eigenvalue weighted by molar-refractivity contribution is 5.90. The summed E-state index contributed by atoms with van der Waals surface area (Å²) >= 11 is 0. The van der Waals surface area contributed by atoms with E-state index in [9.17, 15) is 22.4 Å². The molecule has 1 N–H and O–H groups in total. The van der Waals surface area contributed by atoms with E-state index >= 15 is 0 Å². The molecule has 2 atom stereocenters. The fourth-order valence-electron chi connectivity index (χ4n) is 3.89. The Morgan fingerprint density at radius 2 is 2.04 bits per heavy atom. The molecule has 26 heavy (non-hydrogen) atoms. The highest BCUT2D eigenvalue weighted by Crippen LogP contribution is 2.44. The maximum atomic E-state index is 13.9. The van der Waals surface area contributed by atoms with Gasteiger partial charge in [0.2, 0.25) is 5.95 Å². The first-order valence-electron chi connectivity index (χ1n) is 8.24. The summed E-state index contributed by atoms with van der Waals surface area (Å²) in [4.78, 5) is 18.0. The van der Waals surface area contributed by atoms with E-state index in [4.69, 9.17) is 0 Å². The monoisotopic (exact) mass is 365 g/mol. The average Bonchev–Trinajstić information content (AvgIpc) is 2.91. The van der Waals surface area contributed by atoms with Gasteiger partial charge in [-0.3, -0.25) is 0 Å². The van der Waals surface area contributed by atoms with E-state index in [2.05, 4.69) is 10.3 Å². The van der Waals surface area contributed by atoms with Gasteiger partial charge >= 0.3 is 12.2 Å². The Morgan fingerprint density at radius 3 is 2.81 bits per heavy atom. The fourth-order valence-corrected chi connectivity index (χ4v) is 3.89. The molecule has 4 nitrogen and oxygen atoms in total. The van der Waals surface area contributed by atoms with Crippen molar-refractivity contribution in [1.29, 1.82) is 0 Å². The molecule has 2 aliphatic heterocycles. The number of halogens is 4. The molecule has 3 heterocycles. The summed E-state index contributed by atoms with van der Waals surface area (Å²) in [6.45, 7) is 0. The molecule has 136 valence electrons. The Balaban J connectivity index is 1.59. The maximum Gasteiger partial charge on any atom is 0.416 e. The number of carbonyl (C=O) groups is 1. The molecule has 1 saturated heterocycles. The molecule has 0 saturated carbocycles. The molecule has 2 amide bonds. The molecule has 0 aliphatic carbocycles. The van der Waals surface area contributed by atoms with Gasteiger partial charge in [-0.05, 0) is 49.1 Å². The summed E-state index contributed by atoms with van der Waals surface area (Å²) < 4.78 is 52.4. The summed E-state index contributed by atoms with van der Waals surface area (Å²) in [7, 11) is 0. The Bertz CT molecular complexity index is 868. The molecule has 1 fully saturated rings. The van der Waals surface area contributed by atoms with Gasteiger partial charge in [0.05, 0.1) is 11.6 Å². The fraction of sp³-hybridized carbons (Fsp3) is 0.333. The minimum absolute atomic E-state index is 0.0796. The first kappa shape index (κ1) is 16.8. The first-order valence-corrected chi connectivity index (χ1v) is 8.24. The standard InChI is InChI=1S/C18H15F4N3O/c19-16-14-9-12-4-5-15(13(14)6-7-23-16)25(12)17(26)24-11-3-1-2-10(8-11)18(20,21)22/h1-3,6-8,12,15H,4-5,9H2,(H,24,26). The molecule has 1 aromatic carbocycles. The van der Waals surface area contributed by atoms with E-state index in [1.807, 2.05) is 0 Å². The van der Waals surface area contributed by atoms with Crippen LogP contribution in [-0.2, 0) is 12.6 Å². The topological polar surface area (TPSA) is 45.2 Å². The zero-order valence-corrected chi connectivity index (χ0v) is 13.6. The van der Waals surface area contributed by atoms with Gasteiger partial charge in [-0.25, -0.2) is 9.78 Å². The highest BCUT2D eigenvalue weighted by atomic mass is 19.4. The van der Waals surface area contributed by atoms with Crippen LogP contribution in [0, 0.1) is 5.95 Å². The lowest BCUT2D eigenvalue weighted by molar-refractivity contribution is -0.137. The van der Waals surface area contributed by atoms with E-state index in [0.29, 0.717) is 18.4 Å². The van der Waals surface area contributed by atoms with Gasteiger partial charge in [0.25, 0.3) is 0 Å². The first-order chi connectivity index (χ1) is 12.3. The van der Waals surface area contributed by atoms with E-state index in [1.54, 1.807) is 11.0 Å². The Labute approximate surface area is 146 Å². The number of rotatable bonds is 1. The lowest BCUT2D eigenvalue weighted by atomic mass is 9.95. The summed E-state index contributed by atoms with van der Waals surface area (Å²) in [5.74, 6) is -0.516. The molecule has 0 spiro atoms. The summed E-state index contributed by atoms with van der Waals surface area (Å²) in [5.41, 5.74) is 0.514. The van der Waals surface area contributed by atoms with Gasteiger partial charge in [0.1, 0.15) is 0 Å². The second-order valence-electron chi connectivity index (χ2n) is 6.54. The van der Waals surface area contributed by atoms with Gasteiger partial charge in [0, 0.05) is 23.5 Å². The van der Waals surface area contributed by atoms with Crippen LogP contribution >= 0.6 is 0 Å². The molecule has 4 rings (SSSR count). The third-order valence-corrected chi connectivity index (χ3v) is 5.02. The molecule has 2 aromatic rings. The molecular formula is C18H15F4N3O. The van der Waals surface area contributed by atoms with Crippen molar-refractivity contribution < 1.29 is 22.4 Å². The lowest BCUT2D eigenvalue weighted by Gasteiger charge is -2.36. The molecule has 2 aliphatic rings. The van der Waals surface area contributed by atoms with Crippen LogP contribution in [0.15, 0.2) is 36.5 Å². The number of carbonyl (C=O) groups excluding carboxylic acids is 1. The van der Waals surface area contributed by atoms with Gasteiger partial charge < -0.3 is 10.2 Å². The van der Waals surface area contributed by atoms with Crippen molar-refractivity contribution in [2.75, 3.05) is 5.32 Å². The molecule has 0 radical (unpaired) electrons. The van der Waals surface area contributed by atoms with Crippen molar-refractivity contribution in [3.63, 3.8) is 0 Å². The zero-order chi connectivity index (χ0) is 18.5. The predicted octanol–water partition coefficient (Wildman–Crippen LogP) is 4.53. The highest BCUT2D eigenvalue weighted by Gasteiger charge is 2.43. The quantitative estimate of drug-likeness (QED) is 0.596. The van der Waals surface area contributed by atoms with Crippen LogP contribution in [0.5, 0.6) is 0 Å². The van der Waals surface area contributed by atoms with Crippen LogP contribution in [-0.4, -0.2) is 22.0 Å². The minimum Gasteiger partial charge on any atom is -0.314 e.